The summed E-state index contributed by atoms with van der Waals surface area (Å²) in [5, 5.41) is 26.1. The highest BCUT2D eigenvalue weighted by Crippen LogP contribution is 2.57. The molecule has 1 aromatic carbocycles. The number of amides is 2. The molecule has 11 nitrogen and oxygen atoms in total. The van der Waals surface area contributed by atoms with Crippen LogP contribution in [0.1, 0.15) is 60.2 Å². The normalized spacial score (nSPS) is 22.3. The van der Waals surface area contributed by atoms with E-state index in [1.165, 1.54) is 24.4 Å². The summed E-state index contributed by atoms with van der Waals surface area (Å²) >= 11 is 0. The van der Waals surface area contributed by atoms with Gasteiger partial charge in [0.25, 0.3) is 11.8 Å². The molecule has 1 spiro atoms. The predicted octanol–water partition coefficient (Wildman–Crippen LogP) is 1.61. The van der Waals surface area contributed by atoms with E-state index >= 15 is 0 Å². The van der Waals surface area contributed by atoms with Gasteiger partial charge in [0.1, 0.15) is 23.9 Å². The highest BCUT2D eigenvalue weighted by Gasteiger charge is 2.54. The van der Waals surface area contributed by atoms with Crippen molar-refractivity contribution < 1.29 is 33.8 Å². The van der Waals surface area contributed by atoms with Gasteiger partial charge >= 0.3 is 7.69 Å². The molecule has 2 aliphatic rings. The van der Waals surface area contributed by atoms with Gasteiger partial charge in [0, 0.05) is 12.1 Å². The minimum absolute atomic E-state index is 0.0609. The zero-order valence-corrected chi connectivity index (χ0v) is 21.2. The summed E-state index contributed by atoms with van der Waals surface area (Å²) in [7, 11) is 0.558. The topological polar surface area (TPSA) is 158 Å². The van der Waals surface area contributed by atoms with E-state index in [4.69, 9.17) is 24.9 Å². The summed E-state index contributed by atoms with van der Waals surface area (Å²) in [6.07, 6.45) is 6.44. The maximum atomic E-state index is 12.9. The molecule has 2 saturated carbocycles. The number of aliphatic hydroxyl groups is 1. The van der Waals surface area contributed by atoms with Crippen molar-refractivity contribution in [2.24, 2.45) is 11.1 Å². The van der Waals surface area contributed by atoms with Gasteiger partial charge in [0.15, 0.2) is 0 Å². The zero-order chi connectivity index (χ0) is 27.1. The van der Waals surface area contributed by atoms with E-state index in [1.807, 2.05) is 0 Å². The second kappa shape index (κ2) is 9.84. The summed E-state index contributed by atoms with van der Waals surface area (Å²) in [4.78, 5) is 24.7. The number of hydrogen-bond acceptors (Lipinski definition) is 8. The van der Waals surface area contributed by atoms with E-state index in [1.54, 1.807) is 36.7 Å². The van der Waals surface area contributed by atoms with Crippen molar-refractivity contribution >= 4 is 25.0 Å². The largest absolute Gasteiger partial charge is 0.569 e. The van der Waals surface area contributed by atoms with Crippen LogP contribution >= 0.6 is 0 Å². The van der Waals surface area contributed by atoms with Crippen LogP contribution < -0.4 is 25.2 Å². The Balaban J connectivity index is 1.13. The van der Waals surface area contributed by atoms with Crippen LogP contribution in [-0.2, 0) is 0 Å². The number of ether oxygens (including phenoxy) is 2. The highest BCUT2D eigenvalue weighted by atomic mass is 16.5. The third kappa shape index (κ3) is 5.41. The third-order valence-electron chi connectivity index (χ3n) is 7.04. The lowest BCUT2D eigenvalue weighted by Crippen LogP contribution is -2.58. The molecule has 2 amide bonds. The van der Waals surface area contributed by atoms with Gasteiger partial charge in [-0.25, -0.2) is 4.52 Å². The van der Waals surface area contributed by atoms with E-state index in [-0.39, 0.29) is 35.6 Å². The number of aromatic nitrogens is 2. The molecule has 2 heterocycles. The van der Waals surface area contributed by atoms with Gasteiger partial charge in [0.05, 0.1) is 40.7 Å². The monoisotopic (exact) mass is 521 g/mol. The molecule has 0 saturated heterocycles. The minimum atomic E-state index is -0.956. The molecule has 0 bridgehead atoms. The van der Waals surface area contributed by atoms with Crippen molar-refractivity contribution in [2.45, 2.75) is 57.3 Å². The average molecular weight is 521 g/mol. The highest BCUT2D eigenvalue weighted by molar-refractivity contribution is 6.17. The van der Waals surface area contributed by atoms with Crippen LogP contribution in [0.25, 0.3) is 5.52 Å². The smallest absolute Gasteiger partial charge is 0.537 e. The van der Waals surface area contributed by atoms with Crippen molar-refractivity contribution in [2.75, 3.05) is 6.61 Å². The molecule has 2 aliphatic carbocycles. The Bertz CT molecular complexity index is 1360. The van der Waals surface area contributed by atoms with Crippen molar-refractivity contribution in [1.29, 1.82) is 0 Å². The summed E-state index contributed by atoms with van der Waals surface area (Å²) in [6.45, 7) is 3.46. The summed E-state index contributed by atoms with van der Waals surface area (Å²) in [6, 6.07) is 8.14. The first-order valence-corrected chi connectivity index (χ1v) is 12.4. The van der Waals surface area contributed by atoms with Gasteiger partial charge in [-0.15, -0.1) is 0 Å². The Morgan fingerprint density at radius 1 is 1.18 bits per heavy atom. The lowest BCUT2D eigenvalue weighted by molar-refractivity contribution is -0.0834. The number of carbonyl (C=O) groups excluding carboxylic acids is 2. The number of nitrogens with one attached hydrogen (secondary N) is 1. The van der Waals surface area contributed by atoms with Gasteiger partial charge in [-0.1, -0.05) is 0 Å². The molecule has 2 aromatic heterocycles. The quantitative estimate of drug-likeness (QED) is 0.293. The van der Waals surface area contributed by atoms with Crippen LogP contribution in [0.15, 0.2) is 42.7 Å². The van der Waals surface area contributed by atoms with E-state index in [2.05, 4.69) is 10.4 Å². The number of fused-ring (bicyclic) bond motifs is 1. The molecule has 199 valence electrons. The number of benzene rings is 1. The first-order valence-electron chi connectivity index (χ1n) is 12.4. The zero-order valence-electron chi connectivity index (χ0n) is 21.2. The fraction of sp³-hybridized carbons (Fsp3) is 0.423. The van der Waals surface area contributed by atoms with Gasteiger partial charge < -0.3 is 35.3 Å². The Morgan fingerprint density at radius 3 is 2.61 bits per heavy atom. The Morgan fingerprint density at radius 2 is 1.92 bits per heavy atom. The molecular formula is C26H30BN4O7. The molecule has 2 fully saturated rings. The SMILES string of the molecule is CC(C)(O)COc1ccc2c(C(=O)NC3CC4(C3)CC(Oc3cc(O[B]O)ccc3C(N)=O)C4)cnn2c1. The Labute approximate surface area is 220 Å². The maximum absolute atomic E-state index is 12.9. The molecule has 0 atom stereocenters. The van der Waals surface area contributed by atoms with Gasteiger partial charge in [0.2, 0.25) is 0 Å². The van der Waals surface area contributed by atoms with Crippen molar-refractivity contribution in [3.63, 3.8) is 0 Å². The first kappa shape index (κ1) is 25.9. The molecule has 3 aromatic rings. The molecule has 5 N–H and O–H groups in total. The molecule has 5 rings (SSSR count). The van der Waals surface area contributed by atoms with Gasteiger partial charge in [-0.3, -0.25) is 9.59 Å². The predicted molar refractivity (Wildman–Crippen MR) is 137 cm³/mol. The second-order valence-electron chi connectivity index (χ2n) is 10.8. The average Bonchev–Trinajstić information content (AvgIpc) is 3.23. The molecular weight excluding hydrogens is 491 g/mol. The third-order valence-corrected chi connectivity index (χ3v) is 7.04. The number of rotatable bonds is 10. The summed E-state index contributed by atoms with van der Waals surface area (Å²) in [5.41, 5.74) is 6.01. The van der Waals surface area contributed by atoms with Gasteiger partial charge in [-0.2, -0.15) is 5.10 Å². The van der Waals surface area contributed by atoms with Crippen molar-refractivity contribution in [3.05, 3.63) is 53.9 Å². The van der Waals surface area contributed by atoms with E-state index in [9.17, 15) is 14.7 Å². The Hall–Kier alpha value is -3.77. The number of primary amides is 1. The van der Waals surface area contributed by atoms with Crippen LogP contribution in [0.4, 0.5) is 0 Å². The van der Waals surface area contributed by atoms with Gasteiger partial charge in [-0.05, 0) is 69.2 Å². The fourth-order valence-electron chi connectivity index (χ4n) is 5.28. The maximum Gasteiger partial charge on any atom is 0.569 e. The van der Waals surface area contributed by atoms with Crippen LogP contribution in [0.5, 0.6) is 17.2 Å². The van der Waals surface area contributed by atoms with E-state index in [0.29, 0.717) is 36.0 Å². The minimum Gasteiger partial charge on any atom is -0.537 e. The molecule has 12 heteroatoms. The summed E-state index contributed by atoms with van der Waals surface area (Å²) in [5.74, 6) is 0.415. The molecule has 0 aliphatic heterocycles. The lowest BCUT2D eigenvalue weighted by Gasteiger charge is -2.57. The standard InChI is InChI=1S/C26H30BN4O7/c1-25(2,34)14-36-17-4-6-21-20(12-29-31(21)13-17)24(33)30-15-8-26(9-15)10-18(11-26)37-22-7-16(38-27-35)3-5-19(22)23(28)32/h3-7,12-13,15,18,34-35H,8-11,14H2,1-2H3,(H2,28,32)(H,30,33). The van der Waals surface area contributed by atoms with Crippen LogP contribution in [0.2, 0.25) is 0 Å². The van der Waals surface area contributed by atoms with Crippen molar-refractivity contribution in [1.82, 2.24) is 14.9 Å². The number of carbonyl (C=O) groups is 2. The molecule has 38 heavy (non-hydrogen) atoms. The van der Waals surface area contributed by atoms with Crippen LogP contribution in [0, 0.1) is 5.41 Å². The molecule has 1 radical (unpaired) electrons. The van der Waals surface area contributed by atoms with Crippen molar-refractivity contribution in [3.8, 4) is 17.2 Å². The second-order valence-corrected chi connectivity index (χ2v) is 10.8. The Kier molecular flexibility index (Phi) is 6.70. The number of hydrogen-bond donors (Lipinski definition) is 4. The summed E-state index contributed by atoms with van der Waals surface area (Å²) < 4.78 is 18.2. The van der Waals surface area contributed by atoms with Crippen LogP contribution in [-0.4, -0.2) is 63.6 Å². The first-order chi connectivity index (χ1) is 18.0. The molecule has 0 unspecified atom stereocenters. The number of pyridine rings is 1. The van der Waals surface area contributed by atoms with E-state index < -0.39 is 11.5 Å². The fourth-order valence-corrected chi connectivity index (χ4v) is 5.28. The number of nitrogens with zero attached hydrogens (tertiary/aromatic N) is 2. The number of nitrogens with two attached hydrogens (primary N) is 1. The van der Waals surface area contributed by atoms with Crippen LogP contribution in [0.3, 0.4) is 0 Å². The van der Waals surface area contributed by atoms with E-state index in [0.717, 1.165) is 25.7 Å². The lowest BCUT2D eigenvalue weighted by atomic mass is 9.53.